The second kappa shape index (κ2) is 5.16. The minimum Gasteiger partial charge on any atom is -0.397 e. The van der Waals surface area contributed by atoms with E-state index >= 15 is 0 Å². The van der Waals surface area contributed by atoms with Gasteiger partial charge in [-0.2, -0.15) is 0 Å². The zero-order valence-electron chi connectivity index (χ0n) is 13.4. The lowest BCUT2D eigenvalue weighted by atomic mass is 9.98. The maximum Gasteiger partial charge on any atom is 0.0992 e. The summed E-state index contributed by atoms with van der Waals surface area (Å²) in [5.41, 5.74) is 9.56. The van der Waals surface area contributed by atoms with E-state index < -0.39 is 0 Å². The molecule has 114 valence electrons. The molecule has 0 saturated carbocycles. The van der Waals surface area contributed by atoms with E-state index in [0.29, 0.717) is 0 Å². The van der Waals surface area contributed by atoms with Crippen molar-refractivity contribution < 1.29 is 0 Å². The van der Waals surface area contributed by atoms with Crippen molar-refractivity contribution in [2.24, 2.45) is 5.92 Å². The molecule has 0 bridgehead atoms. The Kier molecular flexibility index (Phi) is 3.60. The number of nitrogens with zero attached hydrogens (tertiary/aromatic N) is 2. The van der Waals surface area contributed by atoms with E-state index in [1.165, 1.54) is 28.2 Å². The molecule has 2 heterocycles. The van der Waals surface area contributed by atoms with Crippen LogP contribution in [-0.2, 0) is 5.41 Å². The zero-order chi connectivity index (χ0) is 15.2. The van der Waals surface area contributed by atoms with Crippen LogP contribution in [0.3, 0.4) is 0 Å². The number of anilines is 2. The summed E-state index contributed by atoms with van der Waals surface area (Å²) in [5, 5.41) is 1.18. The van der Waals surface area contributed by atoms with Crippen molar-refractivity contribution in [1.82, 2.24) is 4.98 Å². The number of hydrogen-bond acceptors (Lipinski definition) is 4. The van der Waals surface area contributed by atoms with Gasteiger partial charge in [-0.3, -0.25) is 0 Å². The smallest absolute Gasteiger partial charge is 0.0992 e. The summed E-state index contributed by atoms with van der Waals surface area (Å²) in [7, 11) is 0. The van der Waals surface area contributed by atoms with Gasteiger partial charge >= 0.3 is 0 Å². The Morgan fingerprint density at radius 1 is 1.33 bits per heavy atom. The van der Waals surface area contributed by atoms with Gasteiger partial charge in [-0.25, -0.2) is 4.98 Å². The maximum absolute atomic E-state index is 6.32. The van der Waals surface area contributed by atoms with Crippen molar-refractivity contribution >= 4 is 32.9 Å². The number of benzene rings is 1. The molecule has 1 aromatic carbocycles. The quantitative estimate of drug-likeness (QED) is 0.793. The van der Waals surface area contributed by atoms with Crippen LogP contribution in [0.1, 0.15) is 45.5 Å². The van der Waals surface area contributed by atoms with E-state index in [1.807, 2.05) is 0 Å². The summed E-state index contributed by atoms with van der Waals surface area (Å²) < 4.78 is 1.20. The summed E-state index contributed by atoms with van der Waals surface area (Å²) in [6, 6.07) is 4.30. The van der Waals surface area contributed by atoms with Crippen molar-refractivity contribution in [3.8, 4) is 0 Å². The molecular weight excluding hydrogens is 278 g/mol. The molecular formula is C17H25N3S. The molecule has 2 N–H and O–H groups in total. The monoisotopic (exact) mass is 303 g/mol. The highest BCUT2D eigenvalue weighted by molar-refractivity contribution is 7.18. The van der Waals surface area contributed by atoms with Crippen LogP contribution in [0.25, 0.3) is 10.2 Å². The molecule has 2 aromatic rings. The fraction of sp³-hybridized carbons (Fsp3) is 0.588. The molecule has 1 aromatic heterocycles. The first kappa shape index (κ1) is 14.6. The summed E-state index contributed by atoms with van der Waals surface area (Å²) in [5.74, 6) is 0.745. The van der Waals surface area contributed by atoms with E-state index in [4.69, 9.17) is 10.7 Å². The largest absolute Gasteiger partial charge is 0.397 e. The van der Waals surface area contributed by atoms with Crippen LogP contribution in [0.4, 0.5) is 11.4 Å². The molecule has 3 rings (SSSR count). The van der Waals surface area contributed by atoms with Gasteiger partial charge in [0.1, 0.15) is 0 Å². The van der Waals surface area contributed by atoms with E-state index in [1.54, 1.807) is 11.3 Å². The number of thiazole rings is 1. The lowest BCUT2D eigenvalue weighted by Gasteiger charge is -2.33. The normalized spacial score (nSPS) is 20.2. The topological polar surface area (TPSA) is 42.2 Å². The van der Waals surface area contributed by atoms with Crippen LogP contribution < -0.4 is 10.6 Å². The lowest BCUT2D eigenvalue weighted by molar-refractivity contribution is 0.447. The maximum atomic E-state index is 6.32. The molecule has 0 amide bonds. The van der Waals surface area contributed by atoms with Gasteiger partial charge < -0.3 is 10.6 Å². The summed E-state index contributed by atoms with van der Waals surface area (Å²) in [6.45, 7) is 11.2. The molecule has 0 spiro atoms. The fourth-order valence-corrected chi connectivity index (χ4v) is 4.03. The number of fused-ring (bicyclic) bond motifs is 1. The summed E-state index contributed by atoms with van der Waals surface area (Å²) in [4.78, 5) is 7.27. The summed E-state index contributed by atoms with van der Waals surface area (Å²) in [6.07, 6.45) is 2.58. The molecule has 1 atom stereocenters. The van der Waals surface area contributed by atoms with Crippen molar-refractivity contribution in [2.75, 3.05) is 23.7 Å². The number of aromatic nitrogens is 1. The van der Waals surface area contributed by atoms with Crippen LogP contribution in [0.5, 0.6) is 0 Å². The molecule has 1 aliphatic heterocycles. The number of nitrogens with two attached hydrogens (primary N) is 1. The molecule has 4 heteroatoms. The van der Waals surface area contributed by atoms with Crippen LogP contribution >= 0.6 is 11.3 Å². The van der Waals surface area contributed by atoms with E-state index in [9.17, 15) is 0 Å². The minimum absolute atomic E-state index is 0.0955. The predicted octanol–water partition coefficient (Wildman–Crippen LogP) is 4.41. The van der Waals surface area contributed by atoms with Gasteiger partial charge in [0.05, 0.1) is 26.6 Å². The average molecular weight is 303 g/mol. The molecule has 1 unspecified atom stereocenters. The Morgan fingerprint density at radius 3 is 2.76 bits per heavy atom. The first-order chi connectivity index (χ1) is 9.84. The van der Waals surface area contributed by atoms with Crippen molar-refractivity contribution in [2.45, 2.75) is 46.0 Å². The predicted molar refractivity (Wildman–Crippen MR) is 93.3 cm³/mol. The Morgan fingerprint density at radius 2 is 2.10 bits per heavy atom. The van der Waals surface area contributed by atoms with Crippen LogP contribution in [0, 0.1) is 5.92 Å². The second-order valence-corrected chi connectivity index (χ2v) is 8.37. The highest BCUT2D eigenvalue weighted by Gasteiger charge is 2.22. The molecule has 1 saturated heterocycles. The highest BCUT2D eigenvalue weighted by atomic mass is 32.1. The number of nitrogen functional groups attached to an aromatic ring is 1. The van der Waals surface area contributed by atoms with Gasteiger partial charge in [-0.15, -0.1) is 11.3 Å². The Labute approximate surface area is 131 Å². The molecule has 0 radical (unpaired) electrons. The van der Waals surface area contributed by atoms with Crippen LogP contribution in [0.15, 0.2) is 12.1 Å². The van der Waals surface area contributed by atoms with Gasteiger partial charge in [0.25, 0.3) is 0 Å². The fourth-order valence-electron chi connectivity index (χ4n) is 2.98. The third kappa shape index (κ3) is 2.86. The third-order valence-electron chi connectivity index (χ3n) is 4.18. The lowest BCUT2D eigenvalue weighted by Crippen LogP contribution is -2.34. The second-order valence-electron chi connectivity index (χ2n) is 7.34. The number of rotatable bonds is 1. The van der Waals surface area contributed by atoms with E-state index in [-0.39, 0.29) is 5.41 Å². The first-order valence-electron chi connectivity index (χ1n) is 7.80. The van der Waals surface area contributed by atoms with Gasteiger partial charge in [0.2, 0.25) is 0 Å². The summed E-state index contributed by atoms with van der Waals surface area (Å²) >= 11 is 1.76. The van der Waals surface area contributed by atoms with E-state index in [2.05, 4.69) is 44.7 Å². The standard InChI is InChI=1S/C17H25N3S/c1-11-6-5-7-20(10-11)14-9-13-15(8-12(14)18)21-16(19-13)17(2,3)4/h8-9,11H,5-7,10,18H2,1-4H3. The van der Waals surface area contributed by atoms with Gasteiger partial charge in [0, 0.05) is 18.5 Å². The SMILES string of the molecule is CC1CCCN(c2cc3nc(C(C)(C)C)sc3cc2N)C1. The Balaban J connectivity index is 2.02. The van der Waals surface area contributed by atoms with E-state index in [0.717, 1.165) is 30.2 Å². The zero-order valence-corrected chi connectivity index (χ0v) is 14.3. The average Bonchev–Trinajstić information content (AvgIpc) is 2.80. The van der Waals surface area contributed by atoms with Crippen molar-refractivity contribution in [3.05, 3.63) is 17.1 Å². The molecule has 1 fully saturated rings. The van der Waals surface area contributed by atoms with Gasteiger partial charge in [-0.1, -0.05) is 27.7 Å². The molecule has 3 nitrogen and oxygen atoms in total. The van der Waals surface area contributed by atoms with Crippen LogP contribution in [-0.4, -0.2) is 18.1 Å². The van der Waals surface area contributed by atoms with Crippen LogP contribution in [0.2, 0.25) is 0 Å². The molecule has 21 heavy (non-hydrogen) atoms. The molecule has 1 aliphatic rings. The van der Waals surface area contributed by atoms with Gasteiger partial charge in [0.15, 0.2) is 0 Å². The third-order valence-corrected chi connectivity index (χ3v) is 5.62. The van der Waals surface area contributed by atoms with Crippen molar-refractivity contribution in [1.29, 1.82) is 0 Å². The Bertz CT molecular complexity index is 654. The van der Waals surface area contributed by atoms with Crippen molar-refractivity contribution in [3.63, 3.8) is 0 Å². The highest BCUT2D eigenvalue weighted by Crippen LogP contribution is 2.37. The van der Waals surface area contributed by atoms with Gasteiger partial charge in [-0.05, 0) is 30.9 Å². The Hall–Kier alpha value is -1.29. The number of hydrogen-bond donors (Lipinski definition) is 1. The number of piperidine rings is 1. The minimum atomic E-state index is 0.0955. The molecule has 0 aliphatic carbocycles. The first-order valence-corrected chi connectivity index (χ1v) is 8.62.